The van der Waals surface area contributed by atoms with Gasteiger partial charge in [-0.05, 0) is 11.8 Å². The Kier molecular flexibility index (Phi) is 1.38. The molecule has 0 spiro atoms. The maximum Gasteiger partial charge on any atom is 0.0171 e. The molecule has 1 aliphatic carbocycles. The molecule has 0 aromatic heterocycles. The summed E-state index contributed by atoms with van der Waals surface area (Å²) in [7, 11) is 0. The van der Waals surface area contributed by atoms with Crippen molar-refractivity contribution in [3.05, 3.63) is 23.8 Å². The Bertz CT molecular complexity index is 191. The fourth-order valence-corrected chi connectivity index (χ4v) is 1.83. The first kappa shape index (κ1) is 6.17. The van der Waals surface area contributed by atoms with Gasteiger partial charge in [-0.15, -0.1) is 0 Å². The van der Waals surface area contributed by atoms with Crippen molar-refractivity contribution in [2.75, 3.05) is 13.1 Å². The minimum atomic E-state index is 0.745. The molecule has 10 heavy (non-hydrogen) atoms. The average Bonchev–Trinajstić information content (AvgIpc) is 2.36. The van der Waals surface area contributed by atoms with Crippen molar-refractivity contribution in [2.45, 2.75) is 6.92 Å². The zero-order valence-electron chi connectivity index (χ0n) is 6.30. The second-order valence-electron chi connectivity index (χ2n) is 3.22. The molecule has 54 valence electrons. The van der Waals surface area contributed by atoms with Crippen LogP contribution in [0.15, 0.2) is 23.8 Å². The summed E-state index contributed by atoms with van der Waals surface area (Å²) >= 11 is 0. The van der Waals surface area contributed by atoms with E-state index in [1.54, 1.807) is 5.57 Å². The fourth-order valence-electron chi connectivity index (χ4n) is 1.83. The van der Waals surface area contributed by atoms with Gasteiger partial charge in [-0.2, -0.15) is 0 Å². The molecule has 1 fully saturated rings. The summed E-state index contributed by atoms with van der Waals surface area (Å²) < 4.78 is 0. The van der Waals surface area contributed by atoms with Crippen LogP contribution in [0.2, 0.25) is 0 Å². The molecule has 2 atom stereocenters. The van der Waals surface area contributed by atoms with Gasteiger partial charge in [0.25, 0.3) is 0 Å². The van der Waals surface area contributed by atoms with E-state index in [9.17, 15) is 0 Å². The van der Waals surface area contributed by atoms with Gasteiger partial charge < -0.3 is 5.32 Å². The monoisotopic (exact) mass is 135 g/mol. The van der Waals surface area contributed by atoms with E-state index in [0.29, 0.717) is 0 Å². The standard InChI is InChI=1S/C9H13N/c1-7-3-2-4-8-5-10-6-9(7)8/h2-4,7,9-10H,5-6H2,1H3. The van der Waals surface area contributed by atoms with E-state index in [4.69, 9.17) is 0 Å². The number of hydrogen-bond donors (Lipinski definition) is 1. The Morgan fingerprint density at radius 2 is 2.50 bits per heavy atom. The van der Waals surface area contributed by atoms with Gasteiger partial charge in [0.05, 0.1) is 0 Å². The van der Waals surface area contributed by atoms with Crippen molar-refractivity contribution in [3.8, 4) is 0 Å². The lowest BCUT2D eigenvalue weighted by Gasteiger charge is -2.18. The highest BCUT2D eigenvalue weighted by Gasteiger charge is 2.25. The van der Waals surface area contributed by atoms with Crippen LogP contribution in [0.25, 0.3) is 0 Å². The molecular formula is C9H13N. The molecule has 1 aliphatic heterocycles. The number of rotatable bonds is 0. The molecule has 1 heteroatoms. The molecule has 1 N–H and O–H groups in total. The Balaban J connectivity index is 2.25. The molecule has 2 aliphatic rings. The predicted octanol–water partition coefficient (Wildman–Crippen LogP) is 1.34. The number of fused-ring (bicyclic) bond motifs is 1. The predicted molar refractivity (Wildman–Crippen MR) is 42.7 cm³/mol. The Hall–Kier alpha value is -0.560. The minimum Gasteiger partial charge on any atom is -0.312 e. The molecule has 0 amide bonds. The topological polar surface area (TPSA) is 12.0 Å². The zero-order valence-corrected chi connectivity index (χ0v) is 6.30. The highest BCUT2D eigenvalue weighted by atomic mass is 14.9. The minimum absolute atomic E-state index is 0.745. The molecule has 1 saturated heterocycles. The highest BCUT2D eigenvalue weighted by molar-refractivity contribution is 5.26. The van der Waals surface area contributed by atoms with Crippen LogP contribution in [-0.4, -0.2) is 13.1 Å². The molecule has 1 nitrogen and oxygen atoms in total. The SMILES string of the molecule is CC1C=CC=C2CNCC21. The first-order valence-electron chi connectivity index (χ1n) is 3.96. The quantitative estimate of drug-likeness (QED) is 0.528. The molecule has 1 heterocycles. The fraction of sp³-hybridized carbons (Fsp3) is 0.556. The summed E-state index contributed by atoms with van der Waals surface area (Å²) in [5, 5.41) is 3.39. The summed E-state index contributed by atoms with van der Waals surface area (Å²) in [6.45, 7) is 4.58. The summed E-state index contributed by atoms with van der Waals surface area (Å²) in [6.07, 6.45) is 6.73. The van der Waals surface area contributed by atoms with Crippen molar-refractivity contribution >= 4 is 0 Å². The van der Waals surface area contributed by atoms with Crippen LogP contribution >= 0.6 is 0 Å². The number of hydrogen-bond acceptors (Lipinski definition) is 1. The third kappa shape index (κ3) is 0.816. The van der Waals surface area contributed by atoms with Crippen LogP contribution < -0.4 is 5.32 Å². The first-order chi connectivity index (χ1) is 4.88. The third-order valence-corrected chi connectivity index (χ3v) is 2.53. The van der Waals surface area contributed by atoms with Gasteiger partial charge in [0, 0.05) is 13.1 Å². The number of nitrogens with one attached hydrogen (secondary N) is 1. The summed E-state index contributed by atoms with van der Waals surface area (Å²) in [4.78, 5) is 0. The molecule has 2 rings (SSSR count). The van der Waals surface area contributed by atoms with Crippen molar-refractivity contribution < 1.29 is 0 Å². The average molecular weight is 135 g/mol. The van der Waals surface area contributed by atoms with Gasteiger partial charge in [-0.1, -0.05) is 30.7 Å². The second-order valence-corrected chi connectivity index (χ2v) is 3.22. The Morgan fingerprint density at radius 3 is 3.30 bits per heavy atom. The second kappa shape index (κ2) is 2.24. The normalized spacial score (nSPS) is 37.5. The van der Waals surface area contributed by atoms with Crippen LogP contribution in [0, 0.1) is 11.8 Å². The lowest BCUT2D eigenvalue weighted by Crippen LogP contribution is -2.15. The van der Waals surface area contributed by atoms with Crippen LogP contribution in [0.1, 0.15) is 6.92 Å². The Labute approximate surface area is 61.8 Å². The van der Waals surface area contributed by atoms with E-state index in [1.165, 1.54) is 6.54 Å². The first-order valence-corrected chi connectivity index (χ1v) is 3.96. The molecular weight excluding hydrogens is 122 g/mol. The van der Waals surface area contributed by atoms with Crippen LogP contribution in [0.5, 0.6) is 0 Å². The summed E-state index contributed by atoms with van der Waals surface area (Å²) in [5.41, 5.74) is 1.59. The lowest BCUT2D eigenvalue weighted by atomic mass is 9.86. The van der Waals surface area contributed by atoms with E-state index in [1.807, 2.05) is 0 Å². The highest BCUT2D eigenvalue weighted by Crippen LogP contribution is 2.28. The maximum absolute atomic E-state index is 3.39. The molecule has 0 aromatic carbocycles. The van der Waals surface area contributed by atoms with E-state index in [-0.39, 0.29) is 0 Å². The number of allylic oxidation sites excluding steroid dienone is 3. The van der Waals surface area contributed by atoms with Crippen molar-refractivity contribution in [1.29, 1.82) is 0 Å². The van der Waals surface area contributed by atoms with Gasteiger partial charge in [0.15, 0.2) is 0 Å². The van der Waals surface area contributed by atoms with Gasteiger partial charge in [-0.3, -0.25) is 0 Å². The molecule has 2 unspecified atom stereocenters. The van der Waals surface area contributed by atoms with E-state index >= 15 is 0 Å². The lowest BCUT2D eigenvalue weighted by molar-refractivity contribution is 0.513. The van der Waals surface area contributed by atoms with Crippen molar-refractivity contribution in [1.82, 2.24) is 5.32 Å². The van der Waals surface area contributed by atoms with E-state index in [0.717, 1.165) is 18.4 Å². The van der Waals surface area contributed by atoms with Crippen molar-refractivity contribution in [3.63, 3.8) is 0 Å². The van der Waals surface area contributed by atoms with Crippen LogP contribution in [0.4, 0.5) is 0 Å². The zero-order chi connectivity index (χ0) is 6.97. The van der Waals surface area contributed by atoms with Gasteiger partial charge in [0.1, 0.15) is 0 Å². The Morgan fingerprint density at radius 1 is 1.60 bits per heavy atom. The third-order valence-electron chi connectivity index (χ3n) is 2.53. The molecule has 0 bridgehead atoms. The smallest absolute Gasteiger partial charge is 0.0171 e. The van der Waals surface area contributed by atoms with E-state index in [2.05, 4.69) is 30.5 Å². The largest absolute Gasteiger partial charge is 0.312 e. The van der Waals surface area contributed by atoms with Crippen LogP contribution in [-0.2, 0) is 0 Å². The van der Waals surface area contributed by atoms with Crippen molar-refractivity contribution in [2.24, 2.45) is 11.8 Å². The molecule has 0 radical (unpaired) electrons. The molecule has 0 aromatic rings. The van der Waals surface area contributed by atoms with Gasteiger partial charge >= 0.3 is 0 Å². The van der Waals surface area contributed by atoms with Crippen LogP contribution in [0.3, 0.4) is 0 Å². The van der Waals surface area contributed by atoms with Gasteiger partial charge in [-0.25, -0.2) is 0 Å². The summed E-state index contributed by atoms with van der Waals surface area (Å²) in [6, 6.07) is 0. The van der Waals surface area contributed by atoms with Gasteiger partial charge in [0.2, 0.25) is 0 Å². The molecule has 0 saturated carbocycles. The van der Waals surface area contributed by atoms with E-state index < -0.39 is 0 Å². The maximum atomic E-state index is 3.39. The summed E-state index contributed by atoms with van der Waals surface area (Å²) in [5.74, 6) is 1.54.